The van der Waals surface area contributed by atoms with Crippen LogP contribution in [0.3, 0.4) is 0 Å². The van der Waals surface area contributed by atoms with Crippen molar-refractivity contribution in [3.8, 4) is 17.1 Å². The summed E-state index contributed by atoms with van der Waals surface area (Å²) in [6.45, 7) is 2.11. The largest absolute Gasteiger partial charge is 0.321 e. The minimum atomic E-state index is -0.282. The first-order valence-electron chi connectivity index (χ1n) is 12.0. The Bertz CT molecular complexity index is 1520. The second-order valence-electron chi connectivity index (χ2n) is 9.06. The van der Waals surface area contributed by atoms with Gasteiger partial charge in [0.15, 0.2) is 5.82 Å². The zero-order chi connectivity index (χ0) is 24.5. The molecule has 5 aromatic rings. The van der Waals surface area contributed by atoms with E-state index in [2.05, 4.69) is 44.5 Å². The van der Waals surface area contributed by atoms with Gasteiger partial charge in [-0.15, -0.1) is 10.2 Å². The molecule has 178 valence electrons. The highest BCUT2D eigenvalue weighted by Gasteiger charge is 2.26. The summed E-state index contributed by atoms with van der Waals surface area (Å²) < 4.78 is 3.97. The van der Waals surface area contributed by atoms with Crippen LogP contribution in [0.25, 0.3) is 17.1 Å². The Morgan fingerprint density at radius 2 is 1.86 bits per heavy atom. The van der Waals surface area contributed by atoms with Crippen LogP contribution in [0, 0.1) is 0 Å². The van der Waals surface area contributed by atoms with Gasteiger partial charge in [0.25, 0.3) is 5.91 Å². The van der Waals surface area contributed by atoms with Crippen LogP contribution in [0.5, 0.6) is 0 Å². The SMILES string of the molecule is CC(c1ccccc1)n1cnnc1-c1cccc(NC(=O)c2cc(-n3cnc(C4CC4)c3)ccn2)c1. The fourth-order valence-corrected chi connectivity index (χ4v) is 4.33. The fraction of sp³-hybridized carbons (Fsp3) is 0.179. The van der Waals surface area contributed by atoms with Crippen molar-refractivity contribution in [1.82, 2.24) is 29.3 Å². The van der Waals surface area contributed by atoms with Crippen molar-refractivity contribution in [3.05, 3.63) is 109 Å². The number of aromatic nitrogens is 6. The van der Waals surface area contributed by atoms with Gasteiger partial charge in [0.2, 0.25) is 0 Å². The molecule has 0 radical (unpaired) electrons. The Kier molecular flexibility index (Phi) is 5.61. The molecule has 1 fully saturated rings. The Balaban J connectivity index is 1.22. The van der Waals surface area contributed by atoms with Gasteiger partial charge in [-0.2, -0.15) is 0 Å². The van der Waals surface area contributed by atoms with Crippen molar-refractivity contribution < 1.29 is 4.79 Å². The van der Waals surface area contributed by atoms with E-state index in [1.54, 1.807) is 24.9 Å². The molecule has 0 aliphatic heterocycles. The Morgan fingerprint density at radius 3 is 2.69 bits per heavy atom. The minimum absolute atomic E-state index is 0.0602. The Hall–Kier alpha value is -4.59. The molecule has 8 heteroatoms. The smallest absolute Gasteiger partial charge is 0.274 e. The Morgan fingerprint density at radius 1 is 1.00 bits per heavy atom. The van der Waals surface area contributed by atoms with Crippen LogP contribution in [0.4, 0.5) is 5.69 Å². The van der Waals surface area contributed by atoms with E-state index in [1.165, 1.54) is 12.8 Å². The quantitative estimate of drug-likeness (QED) is 0.347. The average Bonchev–Trinajstić information content (AvgIpc) is 3.44. The predicted octanol–water partition coefficient (Wildman–Crippen LogP) is 5.26. The number of nitrogens with one attached hydrogen (secondary N) is 1. The fourth-order valence-electron chi connectivity index (χ4n) is 4.33. The first-order chi connectivity index (χ1) is 17.7. The highest BCUT2D eigenvalue weighted by molar-refractivity contribution is 6.03. The number of carbonyl (C=O) groups is 1. The standard InChI is InChI=1S/C28H25N7O/c1-19(20-6-3-2-4-7-20)35-18-31-33-27(35)22-8-5-9-23(14-22)32-28(36)25-15-24(12-13-29-25)34-16-26(30-17-34)21-10-11-21/h2-9,12-19,21H,10-11H2,1H3,(H,32,36). The van der Waals surface area contributed by atoms with E-state index in [4.69, 9.17) is 0 Å². The zero-order valence-electron chi connectivity index (χ0n) is 19.8. The number of carbonyl (C=O) groups excluding carboxylic acids is 1. The van der Waals surface area contributed by atoms with E-state index in [0.717, 1.165) is 28.3 Å². The molecular weight excluding hydrogens is 450 g/mol. The number of anilines is 1. The van der Waals surface area contributed by atoms with Crippen molar-refractivity contribution in [3.63, 3.8) is 0 Å². The average molecular weight is 476 g/mol. The number of amides is 1. The van der Waals surface area contributed by atoms with Gasteiger partial charge >= 0.3 is 0 Å². The number of pyridine rings is 1. The number of hydrogen-bond donors (Lipinski definition) is 1. The molecule has 36 heavy (non-hydrogen) atoms. The van der Waals surface area contributed by atoms with Crippen molar-refractivity contribution in [2.24, 2.45) is 0 Å². The first kappa shape index (κ1) is 21.9. The molecular formula is C28H25N7O. The van der Waals surface area contributed by atoms with Gasteiger partial charge in [-0.3, -0.25) is 9.78 Å². The molecule has 3 aromatic heterocycles. The van der Waals surface area contributed by atoms with E-state index in [-0.39, 0.29) is 11.9 Å². The zero-order valence-corrected chi connectivity index (χ0v) is 19.8. The summed E-state index contributed by atoms with van der Waals surface area (Å²) >= 11 is 0. The summed E-state index contributed by atoms with van der Waals surface area (Å²) in [6.07, 6.45) is 9.60. The normalized spacial score (nSPS) is 13.9. The monoisotopic (exact) mass is 475 g/mol. The summed E-state index contributed by atoms with van der Waals surface area (Å²) in [5.41, 5.74) is 4.97. The number of rotatable bonds is 7. The van der Waals surface area contributed by atoms with Crippen LogP contribution in [-0.2, 0) is 0 Å². The summed E-state index contributed by atoms with van der Waals surface area (Å²) in [6, 6.07) is 21.5. The van der Waals surface area contributed by atoms with E-state index >= 15 is 0 Å². The van der Waals surface area contributed by atoms with Gasteiger partial charge in [-0.1, -0.05) is 42.5 Å². The lowest BCUT2D eigenvalue weighted by Crippen LogP contribution is -2.14. The van der Waals surface area contributed by atoms with E-state index in [1.807, 2.05) is 63.9 Å². The molecule has 1 saturated carbocycles. The minimum Gasteiger partial charge on any atom is -0.321 e. The van der Waals surface area contributed by atoms with Crippen LogP contribution in [0.2, 0.25) is 0 Å². The van der Waals surface area contributed by atoms with Crippen LogP contribution in [0.1, 0.15) is 53.5 Å². The van der Waals surface area contributed by atoms with Crippen molar-refractivity contribution >= 4 is 11.6 Å². The predicted molar refractivity (Wildman–Crippen MR) is 137 cm³/mol. The summed E-state index contributed by atoms with van der Waals surface area (Å²) in [7, 11) is 0. The molecule has 0 spiro atoms. The molecule has 1 aliphatic rings. The van der Waals surface area contributed by atoms with Crippen LogP contribution < -0.4 is 5.32 Å². The second-order valence-corrected chi connectivity index (χ2v) is 9.06. The van der Waals surface area contributed by atoms with E-state index in [0.29, 0.717) is 17.3 Å². The summed E-state index contributed by atoms with van der Waals surface area (Å²) in [4.78, 5) is 21.8. The molecule has 2 aromatic carbocycles. The lowest BCUT2D eigenvalue weighted by Gasteiger charge is -2.16. The molecule has 8 nitrogen and oxygen atoms in total. The number of benzene rings is 2. The lowest BCUT2D eigenvalue weighted by molar-refractivity contribution is 0.102. The third kappa shape index (κ3) is 4.40. The molecule has 3 heterocycles. The molecule has 1 N–H and O–H groups in total. The van der Waals surface area contributed by atoms with Crippen LogP contribution >= 0.6 is 0 Å². The van der Waals surface area contributed by atoms with Crippen LogP contribution in [-0.4, -0.2) is 35.2 Å². The second kappa shape index (κ2) is 9.22. The van der Waals surface area contributed by atoms with E-state index < -0.39 is 0 Å². The van der Waals surface area contributed by atoms with Gasteiger partial charge in [-0.25, -0.2) is 4.98 Å². The molecule has 1 aliphatic carbocycles. The maximum Gasteiger partial charge on any atom is 0.274 e. The van der Waals surface area contributed by atoms with Crippen LogP contribution in [0.15, 0.2) is 91.8 Å². The number of hydrogen-bond acceptors (Lipinski definition) is 5. The van der Waals surface area contributed by atoms with Gasteiger partial charge in [-0.05, 0) is 49.6 Å². The van der Waals surface area contributed by atoms with Gasteiger partial charge in [0, 0.05) is 29.6 Å². The van der Waals surface area contributed by atoms with Gasteiger partial charge in [0.1, 0.15) is 12.0 Å². The molecule has 0 bridgehead atoms. The number of imidazole rings is 1. The summed E-state index contributed by atoms with van der Waals surface area (Å²) in [5, 5.41) is 11.5. The highest BCUT2D eigenvalue weighted by atomic mass is 16.1. The number of nitrogens with zero attached hydrogens (tertiary/aromatic N) is 6. The molecule has 0 saturated heterocycles. The summed E-state index contributed by atoms with van der Waals surface area (Å²) in [5.74, 6) is 1.02. The van der Waals surface area contributed by atoms with Gasteiger partial charge in [0.05, 0.1) is 23.8 Å². The van der Waals surface area contributed by atoms with Crippen molar-refractivity contribution in [2.75, 3.05) is 5.32 Å². The van der Waals surface area contributed by atoms with Gasteiger partial charge < -0.3 is 14.5 Å². The molecule has 6 rings (SSSR count). The molecule has 1 atom stereocenters. The van der Waals surface area contributed by atoms with Crippen molar-refractivity contribution in [2.45, 2.75) is 31.7 Å². The maximum atomic E-state index is 13.0. The third-order valence-corrected chi connectivity index (χ3v) is 6.52. The Labute approximate surface area is 208 Å². The topological polar surface area (TPSA) is 90.5 Å². The third-order valence-electron chi connectivity index (χ3n) is 6.52. The van der Waals surface area contributed by atoms with E-state index in [9.17, 15) is 4.79 Å². The highest BCUT2D eigenvalue weighted by Crippen LogP contribution is 2.39. The first-order valence-corrected chi connectivity index (χ1v) is 12.0. The molecule has 1 amide bonds. The maximum absolute atomic E-state index is 13.0. The molecule has 1 unspecified atom stereocenters. The lowest BCUT2D eigenvalue weighted by atomic mass is 10.1. The van der Waals surface area contributed by atoms with Crippen molar-refractivity contribution in [1.29, 1.82) is 0 Å².